The van der Waals surface area contributed by atoms with Gasteiger partial charge < -0.3 is 9.47 Å². The van der Waals surface area contributed by atoms with E-state index < -0.39 is 28.5 Å². The molecule has 7 heteroatoms. The Balaban J connectivity index is 1.84. The van der Waals surface area contributed by atoms with Gasteiger partial charge in [0.15, 0.2) is 16.9 Å². The van der Waals surface area contributed by atoms with Gasteiger partial charge in [-0.05, 0) is 12.1 Å². The molecule has 0 aliphatic carbocycles. The van der Waals surface area contributed by atoms with Gasteiger partial charge in [0.1, 0.15) is 0 Å². The van der Waals surface area contributed by atoms with Crippen molar-refractivity contribution in [3.63, 3.8) is 0 Å². The number of benzene rings is 2. The van der Waals surface area contributed by atoms with Crippen molar-refractivity contribution in [1.82, 2.24) is 0 Å². The minimum absolute atomic E-state index is 0.181. The highest BCUT2D eigenvalue weighted by atomic mass is 35.5. The largest absolute Gasteiger partial charge is 0.458 e. The molecule has 2 aromatic carbocycles. The zero-order valence-electron chi connectivity index (χ0n) is 14.4. The summed E-state index contributed by atoms with van der Waals surface area (Å²) in [6.45, 7) is 1.31. The Bertz CT molecular complexity index is 920. The Labute approximate surface area is 165 Å². The zero-order chi connectivity index (χ0) is 19.1. The van der Waals surface area contributed by atoms with Crippen molar-refractivity contribution < 1.29 is 19.1 Å². The van der Waals surface area contributed by atoms with Crippen molar-refractivity contribution in [3.05, 3.63) is 66.2 Å². The predicted octanol–water partition coefficient (Wildman–Crippen LogP) is 3.90. The molecule has 2 bridgehead atoms. The van der Waals surface area contributed by atoms with Crippen LogP contribution in [0.2, 0.25) is 0 Å². The summed E-state index contributed by atoms with van der Waals surface area (Å²) in [6, 6.07) is 18.5. The van der Waals surface area contributed by atoms with Crippen molar-refractivity contribution in [1.29, 1.82) is 0 Å². The number of hydrogen-bond donors (Lipinski definition) is 0. The number of thioether (sulfide) groups is 1. The molecule has 5 rings (SSSR count). The summed E-state index contributed by atoms with van der Waals surface area (Å²) in [4.78, 5) is 28.7. The predicted molar refractivity (Wildman–Crippen MR) is 103 cm³/mol. The second kappa shape index (κ2) is 6.69. The fourth-order valence-electron chi connectivity index (χ4n) is 3.41. The maximum atomic E-state index is 13.1. The van der Waals surface area contributed by atoms with Crippen LogP contribution in [0.15, 0.2) is 70.6 Å². The van der Waals surface area contributed by atoms with Crippen LogP contribution in [0.3, 0.4) is 0 Å². The normalized spacial score (nSPS) is 29.0. The van der Waals surface area contributed by atoms with E-state index in [1.54, 1.807) is 0 Å². The minimum atomic E-state index is -1.46. The highest BCUT2D eigenvalue weighted by molar-refractivity contribution is 8.01. The maximum Gasteiger partial charge on any atom is 0.350 e. The van der Waals surface area contributed by atoms with Crippen molar-refractivity contribution in [3.8, 4) is 0 Å². The second-order valence-corrected chi connectivity index (χ2v) is 8.05. The molecule has 5 nitrogen and oxygen atoms in total. The van der Waals surface area contributed by atoms with Crippen LogP contribution in [0, 0.1) is 0 Å². The average molecular weight is 402 g/mol. The van der Waals surface area contributed by atoms with Gasteiger partial charge in [0.05, 0.1) is 0 Å². The Morgan fingerprint density at radius 3 is 2.44 bits per heavy atom. The molecule has 0 amide bonds. The van der Waals surface area contributed by atoms with E-state index in [2.05, 4.69) is 4.99 Å². The van der Waals surface area contributed by atoms with Gasteiger partial charge in [0.2, 0.25) is 4.87 Å². The van der Waals surface area contributed by atoms with Crippen molar-refractivity contribution in [2.45, 2.75) is 34.8 Å². The molecule has 27 heavy (non-hydrogen) atoms. The van der Waals surface area contributed by atoms with Gasteiger partial charge in [0, 0.05) is 23.8 Å². The fraction of sp³-hybridized carbons (Fsp3) is 0.250. The average Bonchev–Trinajstić information content (AvgIpc) is 2.65. The lowest BCUT2D eigenvalue weighted by Crippen LogP contribution is -2.64. The fourth-order valence-corrected chi connectivity index (χ4v) is 4.99. The first-order chi connectivity index (χ1) is 13.0. The summed E-state index contributed by atoms with van der Waals surface area (Å²) in [5, 5.41) is 0.181. The SMILES string of the molecule is CC(=O)O[C@H]1C[C@]2(c3ccccc3)OC(=O)[C@@]1(Sc1ccccc1)N=C2Cl. The molecule has 3 aliphatic heterocycles. The Morgan fingerprint density at radius 1 is 1.19 bits per heavy atom. The lowest BCUT2D eigenvalue weighted by atomic mass is 9.81. The Morgan fingerprint density at radius 2 is 1.81 bits per heavy atom. The first-order valence-electron chi connectivity index (χ1n) is 8.42. The number of esters is 2. The highest BCUT2D eigenvalue weighted by Crippen LogP contribution is 2.54. The molecule has 3 heterocycles. The smallest absolute Gasteiger partial charge is 0.350 e. The lowest BCUT2D eigenvalue weighted by Gasteiger charge is -2.50. The van der Waals surface area contributed by atoms with Crippen LogP contribution >= 0.6 is 23.4 Å². The summed E-state index contributed by atoms with van der Waals surface area (Å²) < 4.78 is 11.4. The van der Waals surface area contributed by atoms with Gasteiger partial charge in [-0.3, -0.25) is 4.79 Å². The van der Waals surface area contributed by atoms with Gasteiger partial charge in [-0.2, -0.15) is 0 Å². The Hall–Kier alpha value is -2.31. The van der Waals surface area contributed by atoms with Crippen LogP contribution in [-0.2, 0) is 24.7 Å². The van der Waals surface area contributed by atoms with E-state index in [0.29, 0.717) is 5.56 Å². The number of halogens is 1. The van der Waals surface area contributed by atoms with E-state index >= 15 is 0 Å². The summed E-state index contributed by atoms with van der Waals surface area (Å²) >= 11 is 7.73. The first-order valence-corrected chi connectivity index (χ1v) is 9.62. The van der Waals surface area contributed by atoms with Crippen LogP contribution in [-0.4, -0.2) is 28.1 Å². The molecule has 3 aliphatic rings. The number of nitrogens with zero attached hydrogens (tertiary/aromatic N) is 1. The first kappa shape index (κ1) is 18.1. The molecule has 0 saturated carbocycles. The van der Waals surface area contributed by atoms with Crippen molar-refractivity contribution in [2.75, 3.05) is 0 Å². The van der Waals surface area contributed by atoms with Gasteiger partial charge >= 0.3 is 11.9 Å². The van der Waals surface area contributed by atoms with Crippen LogP contribution < -0.4 is 0 Å². The number of carbonyl (C=O) groups excluding carboxylic acids is 2. The number of fused-ring (bicyclic) bond motifs is 2. The Kier molecular flexibility index (Phi) is 4.48. The third kappa shape index (κ3) is 2.93. The van der Waals surface area contributed by atoms with E-state index in [9.17, 15) is 9.59 Å². The van der Waals surface area contributed by atoms with E-state index in [4.69, 9.17) is 21.1 Å². The molecule has 0 N–H and O–H groups in total. The standard InChI is InChI=1S/C20H16ClNO4S/c1-13(23)25-16-12-19(14-8-4-2-5-9-14)17(21)22-20(16,18(24)26-19)27-15-10-6-3-7-11-15/h2-11,16H,12H2,1H3/t16-,19+,20+/m0/s1. The molecule has 0 radical (unpaired) electrons. The quantitative estimate of drug-likeness (QED) is 0.727. The number of carbonyl (C=O) groups is 2. The van der Waals surface area contributed by atoms with Crippen LogP contribution in [0.4, 0.5) is 0 Å². The van der Waals surface area contributed by atoms with Crippen molar-refractivity contribution >= 4 is 40.5 Å². The summed E-state index contributed by atoms with van der Waals surface area (Å²) in [6.07, 6.45) is -0.589. The molecule has 2 aromatic rings. The van der Waals surface area contributed by atoms with Gasteiger partial charge in [-0.15, -0.1) is 0 Å². The molecule has 1 fully saturated rings. The molecule has 0 unspecified atom stereocenters. The van der Waals surface area contributed by atoms with Gasteiger partial charge in [-0.1, -0.05) is 71.9 Å². The number of aliphatic imine (C=N–C) groups is 1. The zero-order valence-corrected chi connectivity index (χ0v) is 16.0. The molecule has 1 saturated heterocycles. The molecular formula is C20H16ClNO4S. The van der Waals surface area contributed by atoms with E-state index in [0.717, 1.165) is 4.90 Å². The monoisotopic (exact) mass is 401 g/mol. The second-order valence-electron chi connectivity index (χ2n) is 6.40. The molecular weight excluding hydrogens is 386 g/mol. The molecule has 0 aromatic heterocycles. The van der Waals surface area contributed by atoms with Gasteiger partial charge in [-0.25, -0.2) is 9.79 Å². The van der Waals surface area contributed by atoms with Crippen LogP contribution in [0.1, 0.15) is 18.9 Å². The maximum absolute atomic E-state index is 13.1. The molecule has 138 valence electrons. The topological polar surface area (TPSA) is 65.0 Å². The van der Waals surface area contributed by atoms with Gasteiger partial charge in [0.25, 0.3) is 0 Å². The number of hydrogen-bond acceptors (Lipinski definition) is 6. The summed E-state index contributed by atoms with van der Waals surface area (Å²) in [7, 11) is 0. The molecule has 3 atom stereocenters. The van der Waals surface area contributed by atoms with E-state index in [1.807, 2.05) is 60.7 Å². The highest BCUT2D eigenvalue weighted by Gasteiger charge is 2.66. The van der Waals surface area contributed by atoms with Crippen LogP contribution in [0.25, 0.3) is 0 Å². The number of ether oxygens (including phenoxy) is 2. The lowest BCUT2D eigenvalue weighted by molar-refractivity contribution is -0.184. The van der Waals surface area contributed by atoms with Crippen molar-refractivity contribution in [2.24, 2.45) is 4.99 Å². The van der Waals surface area contributed by atoms with Crippen LogP contribution in [0.5, 0.6) is 0 Å². The van der Waals surface area contributed by atoms with E-state index in [-0.39, 0.29) is 11.6 Å². The number of rotatable bonds is 4. The minimum Gasteiger partial charge on any atom is -0.458 e. The summed E-state index contributed by atoms with van der Waals surface area (Å²) in [5.41, 5.74) is -0.541. The summed E-state index contributed by atoms with van der Waals surface area (Å²) in [5.74, 6) is -1.05. The third-order valence-electron chi connectivity index (χ3n) is 4.63. The van der Waals surface area contributed by atoms with E-state index in [1.165, 1.54) is 18.7 Å². The third-order valence-corrected chi connectivity index (χ3v) is 6.36. The molecule has 0 spiro atoms.